The summed E-state index contributed by atoms with van der Waals surface area (Å²) < 4.78 is 5.84. The van der Waals surface area contributed by atoms with Gasteiger partial charge in [0.15, 0.2) is 0 Å². The van der Waals surface area contributed by atoms with Crippen molar-refractivity contribution < 1.29 is 24.5 Å². The summed E-state index contributed by atoms with van der Waals surface area (Å²) in [6.45, 7) is 6.30. The fraction of sp³-hybridized carbons (Fsp3) is 0.661. The Morgan fingerprint density at radius 3 is 1.31 bits per heavy atom. The van der Waals surface area contributed by atoms with E-state index in [1.54, 1.807) is 0 Å². The molecule has 0 aliphatic rings. The minimum atomic E-state index is -0.828. The molecule has 3 N–H and O–H groups in total. The van der Waals surface area contributed by atoms with Gasteiger partial charge in [0, 0.05) is 12.8 Å². The van der Waals surface area contributed by atoms with Gasteiger partial charge >= 0.3 is 5.97 Å². The van der Waals surface area contributed by atoms with Crippen LogP contribution in [0.1, 0.15) is 226 Å². The van der Waals surface area contributed by atoms with Crippen LogP contribution in [0.5, 0.6) is 0 Å². The van der Waals surface area contributed by atoms with Gasteiger partial charge in [-0.2, -0.15) is 0 Å². The lowest BCUT2D eigenvalue weighted by Crippen LogP contribution is -2.46. The number of ether oxygens (including phenoxy) is 1. The van der Waals surface area contributed by atoms with E-state index in [1.165, 1.54) is 96.3 Å². The summed E-state index contributed by atoms with van der Waals surface area (Å²) in [6, 6.07) is -0.750. The number of hydrogen-bond donors (Lipinski definition) is 3. The van der Waals surface area contributed by atoms with Gasteiger partial charge < -0.3 is 20.3 Å². The molecule has 0 aromatic carbocycles. The van der Waals surface area contributed by atoms with Crippen molar-refractivity contribution in [3.63, 3.8) is 0 Å². The second-order valence-electron chi connectivity index (χ2n) is 17.5. The molecule has 0 spiro atoms. The Morgan fingerprint density at radius 2 is 0.862 bits per heavy atom. The Kier molecular flexibility index (Phi) is 48.7. The van der Waals surface area contributed by atoms with Crippen LogP contribution < -0.4 is 5.32 Å². The maximum absolute atomic E-state index is 13.2. The molecule has 3 unspecified atom stereocenters. The van der Waals surface area contributed by atoms with Crippen molar-refractivity contribution in [1.82, 2.24) is 5.32 Å². The zero-order valence-electron chi connectivity index (χ0n) is 42.1. The Hall–Kier alpha value is -3.48. The second kappa shape index (κ2) is 51.5. The van der Waals surface area contributed by atoms with Crippen LogP contribution >= 0.6 is 0 Å². The van der Waals surface area contributed by atoms with Crippen LogP contribution in [0.4, 0.5) is 0 Å². The summed E-state index contributed by atoms with van der Waals surface area (Å²) in [4.78, 5) is 26.1. The first-order valence-electron chi connectivity index (χ1n) is 26.6. The first kappa shape index (κ1) is 61.5. The van der Waals surface area contributed by atoms with Crippen LogP contribution in [0.3, 0.4) is 0 Å². The summed E-state index contributed by atoms with van der Waals surface area (Å²) in [5.41, 5.74) is 0. The fourth-order valence-electron chi connectivity index (χ4n) is 7.33. The number of aliphatic hydroxyl groups is 2. The molecule has 0 saturated carbocycles. The molecule has 0 rings (SSSR count). The van der Waals surface area contributed by atoms with Crippen molar-refractivity contribution in [1.29, 1.82) is 0 Å². The molecular formula is C59H99NO5. The second-order valence-corrected chi connectivity index (χ2v) is 17.5. The van der Waals surface area contributed by atoms with E-state index in [2.05, 4.69) is 123 Å². The van der Waals surface area contributed by atoms with E-state index in [0.29, 0.717) is 19.3 Å². The van der Waals surface area contributed by atoms with Crippen LogP contribution in [0.15, 0.2) is 109 Å². The number of carbonyl (C=O) groups excluding carboxylic acids is 2. The van der Waals surface area contributed by atoms with Gasteiger partial charge in [-0.05, 0) is 83.5 Å². The molecule has 0 aromatic rings. The summed E-state index contributed by atoms with van der Waals surface area (Å²) in [7, 11) is 0. The number of rotatable bonds is 46. The monoisotopic (exact) mass is 902 g/mol. The molecule has 0 radical (unpaired) electrons. The molecule has 6 nitrogen and oxygen atoms in total. The summed E-state index contributed by atoms with van der Waals surface area (Å²) >= 11 is 0. The molecule has 0 heterocycles. The van der Waals surface area contributed by atoms with Crippen LogP contribution in [0.2, 0.25) is 0 Å². The van der Waals surface area contributed by atoms with Gasteiger partial charge in [0.1, 0.15) is 6.10 Å². The minimum Gasteiger partial charge on any atom is -0.461 e. The van der Waals surface area contributed by atoms with E-state index < -0.39 is 18.2 Å². The van der Waals surface area contributed by atoms with Gasteiger partial charge in [-0.3, -0.25) is 9.59 Å². The first-order chi connectivity index (χ1) is 32.0. The molecule has 3 atom stereocenters. The number of allylic oxidation sites excluding steroid dienone is 17. The number of amides is 1. The van der Waals surface area contributed by atoms with Crippen molar-refractivity contribution in [2.45, 2.75) is 244 Å². The highest BCUT2D eigenvalue weighted by atomic mass is 16.5. The quantitative estimate of drug-likeness (QED) is 0.0321. The van der Waals surface area contributed by atoms with E-state index in [-0.39, 0.29) is 31.3 Å². The Balaban J connectivity index is 4.81. The normalized spacial score (nSPS) is 14.1. The molecule has 0 aromatic heterocycles. The molecular weight excluding hydrogens is 803 g/mol. The highest BCUT2D eigenvalue weighted by molar-refractivity contribution is 5.77. The molecule has 1 amide bonds. The highest BCUT2D eigenvalue weighted by Gasteiger charge is 2.23. The SMILES string of the molecule is CC/C=C\C/C=C\C/C=C\C/C=C\C/C=C\CC(CC(=O)NC(CO)C(O)CCCCCCCCCCCCCCCC)OC(=O)CCC/C=C\C/C=C\C/C=C\C/C=C\CCCCC. The standard InChI is InChI=1S/C59H99NO5/c1-4-7-10-13-16-19-22-25-28-29-31-34-37-40-43-46-49-52-59(64)65-55(50-47-44-41-38-35-32-30-26-23-20-17-14-11-8-5-2)53-58(63)60-56(54-61)57(62)51-48-45-42-39-36-33-27-24-21-18-15-12-9-6-3/h8,11,16-17,19-20,25-26,28,30-31,34-35,38,40,43-44,47,55-57,61-62H,4-7,9-10,12-15,18,21-24,27,29,32-33,36-37,39,41-42,45-46,48-54H2,1-3H3,(H,60,63)/b11-8-,19-16-,20-17-,28-25-,30-26-,34-31-,38-35-,43-40-,47-44-. The van der Waals surface area contributed by atoms with Crippen LogP contribution in [-0.2, 0) is 14.3 Å². The van der Waals surface area contributed by atoms with E-state index >= 15 is 0 Å². The Morgan fingerprint density at radius 1 is 0.477 bits per heavy atom. The maximum atomic E-state index is 13.2. The molecule has 370 valence electrons. The van der Waals surface area contributed by atoms with Gasteiger partial charge in [-0.15, -0.1) is 0 Å². The van der Waals surface area contributed by atoms with Crippen LogP contribution in [0.25, 0.3) is 0 Å². The first-order valence-corrected chi connectivity index (χ1v) is 26.6. The number of hydrogen-bond acceptors (Lipinski definition) is 5. The van der Waals surface area contributed by atoms with E-state index in [9.17, 15) is 19.8 Å². The van der Waals surface area contributed by atoms with Crippen molar-refractivity contribution in [2.24, 2.45) is 0 Å². The molecule has 0 aliphatic carbocycles. The third-order valence-electron chi connectivity index (χ3n) is 11.3. The fourth-order valence-corrected chi connectivity index (χ4v) is 7.33. The zero-order valence-corrected chi connectivity index (χ0v) is 42.1. The van der Waals surface area contributed by atoms with Gasteiger partial charge in [0.25, 0.3) is 0 Å². The average molecular weight is 902 g/mol. The number of esters is 1. The number of aliphatic hydroxyl groups excluding tert-OH is 2. The Bertz CT molecular complexity index is 1330. The molecule has 65 heavy (non-hydrogen) atoms. The lowest BCUT2D eigenvalue weighted by molar-refractivity contribution is -0.150. The predicted molar refractivity (Wildman–Crippen MR) is 282 cm³/mol. The van der Waals surface area contributed by atoms with Crippen molar-refractivity contribution >= 4 is 11.9 Å². The molecule has 0 aliphatic heterocycles. The lowest BCUT2D eigenvalue weighted by Gasteiger charge is -2.24. The topological polar surface area (TPSA) is 95.9 Å². The van der Waals surface area contributed by atoms with Crippen molar-refractivity contribution in [2.75, 3.05) is 6.61 Å². The van der Waals surface area contributed by atoms with Gasteiger partial charge in [-0.25, -0.2) is 0 Å². The van der Waals surface area contributed by atoms with E-state index in [1.807, 2.05) is 12.2 Å². The highest BCUT2D eigenvalue weighted by Crippen LogP contribution is 2.16. The average Bonchev–Trinajstić information content (AvgIpc) is 3.30. The molecule has 0 saturated heterocycles. The largest absolute Gasteiger partial charge is 0.461 e. The van der Waals surface area contributed by atoms with Gasteiger partial charge in [-0.1, -0.05) is 233 Å². The van der Waals surface area contributed by atoms with Crippen molar-refractivity contribution in [3.8, 4) is 0 Å². The third-order valence-corrected chi connectivity index (χ3v) is 11.3. The number of nitrogens with one attached hydrogen (secondary N) is 1. The third kappa shape index (κ3) is 46.8. The lowest BCUT2D eigenvalue weighted by atomic mass is 10.0. The van der Waals surface area contributed by atoms with E-state index in [4.69, 9.17) is 4.74 Å². The molecule has 0 bridgehead atoms. The summed E-state index contributed by atoms with van der Waals surface area (Å²) in [6.07, 6.45) is 70.2. The van der Waals surface area contributed by atoms with Crippen LogP contribution in [-0.4, -0.2) is 46.9 Å². The molecule has 0 fully saturated rings. The number of unbranched alkanes of at least 4 members (excludes halogenated alkanes) is 17. The summed E-state index contributed by atoms with van der Waals surface area (Å²) in [5, 5.41) is 23.7. The number of carbonyl (C=O) groups is 2. The predicted octanol–water partition coefficient (Wildman–Crippen LogP) is 16.3. The van der Waals surface area contributed by atoms with Gasteiger partial charge in [0.05, 0.1) is 25.2 Å². The minimum absolute atomic E-state index is 0.0285. The maximum Gasteiger partial charge on any atom is 0.306 e. The van der Waals surface area contributed by atoms with Crippen LogP contribution in [0, 0.1) is 0 Å². The zero-order chi connectivity index (χ0) is 47.4. The smallest absolute Gasteiger partial charge is 0.306 e. The Labute approximate surface area is 400 Å². The molecule has 6 heteroatoms. The van der Waals surface area contributed by atoms with Crippen molar-refractivity contribution in [3.05, 3.63) is 109 Å². The summed E-state index contributed by atoms with van der Waals surface area (Å²) in [5.74, 6) is -0.655. The van der Waals surface area contributed by atoms with Gasteiger partial charge in [0.2, 0.25) is 5.91 Å². The van der Waals surface area contributed by atoms with E-state index in [0.717, 1.165) is 77.0 Å².